The molecule has 1 aliphatic heterocycles. The standard InChI is InChI=1S/C13H19ClN2O/c1-10-8-16(7-6-15-10)9-11-12(14)4-3-5-13(11)17-2/h3-5,10,15H,6-9H2,1-2H3. The van der Waals surface area contributed by atoms with Gasteiger partial charge in [-0.15, -0.1) is 0 Å². The molecule has 1 saturated heterocycles. The molecular weight excluding hydrogens is 236 g/mol. The van der Waals surface area contributed by atoms with Gasteiger partial charge in [-0.2, -0.15) is 0 Å². The van der Waals surface area contributed by atoms with Crippen LogP contribution in [0.5, 0.6) is 5.75 Å². The molecule has 0 amide bonds. The van der Waals surface area contributed by atoms with Crippen molar-refractivity contribution in [2.45, 2.75) is 19.5 Å². The SMILES string of the molecule is COc1cccc(Cl)c1CN1CCNC(C)C1. The van der Waals surface area contributed by atoms with E-state index >= 15 is 0 Å². The zero-order valence-corrected chi connectivity index (χ0v) is 11.1. The summed E-state index contributed by atoms with van der Waals surface area (Å²) in [5.41, 5.74) is 1.09. The maximum Gasteiger partial charge on any atom is 0.124 e. The first-order valence-electron chi connectivity index (χ1n) is 5.98. The van der Waals surface area contributed by atoms with Crippen LogP contribution in [-0.2, 0) is 6.54 Å². The van der Waals surface area contributed by atoms with Crippen LogP contribution in [0.25, 0.3) is 0 Å². The molecule has 1 atom stereocenters. The summed E-state index contributed by atoms with van der Waals surface area (Å²) in [6.45, 7) is 6.20. The first-order valence-corrected chi connectivity index (χ1v) is 6.35. The number of halogens is 1. The Labute approximate surface area is 108 Å². The highest BCUT2D eigenvalue weighted by Crippen LogP contribution is 2.27. The van der Waals surface area contributed by atoms with Crippen LogP contribution < -0.4 is 10.1 Å². The minimum Gasteiger partial charge on any atom is -0.496 e. The molecule has 3 nitrogen and oxygen atoms in total. The van der Waals surface area contributed by atoms with Gasteiger partial charge in [0.05, 0.1) is 7.11 Å². The fourth-order valence-electron chi connectivity index (χ4n) is 2.26. The van der Waals surface area contributed by atoms with Crippen LogP contribution in [0.2, 0.25) is 5.02 Å². The topological polar surface area (TPSA) is 24.5 Å². The molecule has 94 valence electrons. The zero-order chi connectivity index (χ0) is 12.3. The van der Waals surface area contributed by atoms with Crippen molar-refractivity contribution >= 4 is 11.6 Å². The Bertz CT molecular complexity index is 384. The van der Waals surface area contributed by atoms with Gasteiger partial charge in [-0.25, -0.2) is 0 Å². The third-order valence-electron chi connectivity index (χ3n) is 3.13. The summed E-state index contributed by atoms with van der Waals surface area (Å²) in [6, 6.07) is 6.35. The number of rotatable bonds is 3. The van der Waals surface area contributed by atoms with E-state index in [9.17, 15) is 0 Å². The predicted molar refractivity (Wildman–Crippen MR) is 70.7 cm³/mol. The minimum absolute atomic E-state index is 0.539. The van der Waals surface area contributed by atoms with Crippen LogP contribution in [0.3, 0.4) is 0 Å². The molecule has 0 radical (unpaired) electrons. The molecule has 1 fully saturated rings. The smallest absolute Gasteiger partial charge is 0.124 e. The van der Waals surface area contributed by atoms with Crippen LogP contribution >= 0.6 is 11.6 Å². The van der Waals surface area contributed by atoms with Gasteiger partial charge in [0.15, 0.2) is 0 Å². The highest BCUT2D eigenvalue weighted by atomic mass is 35.5. The van der Waals surface area contributed by atoms with Gasteiger partial charge < -0.3 is 10.1 Å². The van der Waals surface area contributed by atoms with E-state index < -0.39 is 0 Å². The third-order valence-corrected chi connectivity index (χ3v) is 3.48. The van der Waals surface area contributed by atoms with Crippen LogP contribution in [0.15, 0.2) is 18.2 Å². The number of methoxy groups -OCH3 is 1. The number of ether oxygens (including phenoxy) is 1. The Morgan fingerprint density at radius 2 is 2.35 bits per heavy atom. The Morgan fingerprint density at radius 1 is 1.53 bits per heavy atom. The normalized spacial score (nSPS) is 21.5. The number of benzene rings is 1. The van der Waals surface area contributed by atoms with Gasteiger partial charge in [-0.1, -0.05) is 17.7 Å². The largest absolute Gasteiger partial charge is 0.496 e. The van der Waals surface area contributed by atoms with Crippen molar-refractivity contribution in [3.63, 3.8) is 0 Å². The van der Waals surface area contributed by atoms with Crippen molar-refractivity contribution in [3.8, 4) is 5.75 Å². The summed E-state index contributed by atoms with van der Waals surface area (Å²) in [6.07, 6.45) is 0. The first-order chi connectivity index (χ1) is 8.20. The molecule has 1 aliphatic rings. The van der Waals surface area contributed by atoms with Crippen LogP contribution in [0.1, 0.15) is 12.5 Å². The van der Waals surface area contributed by atoms with Crippen molar-refractivity contribution in [2.24, 2.45) is 0 Å². The van der Waals surface area contributed by atoms with Gasteiger partial charge >= 0.3 is 0 Å². The zero-order valence-electron chi connectivity index (χ0n) is 10.4. The fourth-order valence-corrected chi connectivity index (χ4v) is 2.49. The lowest BCUT2D eigenvalue weighted by molar-refractivity contribution is 0.197. The molecule has 4 heteroatoms. The second-order valence-electron chi connectivity index (χ2n) is 4.51. The quantitative estimate of drug-likeness (QED) is 0.895. The van der Waals surface area contributed by atoms with Crippen molar-refractivity contribution in [2.75, 3.05) is 26.7 Å². The summed E-state index contributed by atoms with van der Waals surface area (Å²) >= 11 is 6.24. The number of piperazine rings is 1. The number of nitrogens with zero attached hydrogens (tertiary/aromatic N) is 1. The lowest BCUT2D eigenvalue weighted by Gasteiger charge is -2.32. The van der Waals surface area contributed by atoms with Gasteiger partial charge in [0.2, 0.25) is 0 Å². The average molecular weight is 255 g/mol. The van der Waals surface area contributed by atoms with E-state index in [4.69, 9.17) is 16.3 Å². The van der Waals surface area contributed by atoms with E-state index in [2.05, 4.69) is 17.1 Å². The van der Waals surface area contributed by atoms with Crippen molar-refractivity contribution < 1.29 is 4.74 Å². The lowest BCUT2D eigenvalue weighted by atomic mass is 10.1. The molecule has 17 heavy (non-hydrogen) atoms. The monoisotopic (exact) mass is 254 g/mol. The molecule has 1 unspecified atom stereocenters. The highest BCUT2D eigenvalue weighted by Gasteiger charge is 2.18. The van der Waals surface area contributed by atoms with E-state index in [0.29, 0.717) is 6.04 Å². The van der Waals surface area contributed by atoms with Crippen molar-refractivity contribution in [1.82, 2.24) is 10.2 Å². The molecule has 0 aliphatic carbocycles. The van der Waals surface area contributed by atoms with E-state index in [1.807, 2.05) is 18.2 Å². The molecule has 2 rings (SSSR count). The molecule has 0 saturated carbocycles. The molecule has 1 aromatic rings. The molecule has 0 spiro atoms. The van der Waals surface area contributed by atoms with Crippen molar-refractivity contribution in [1.29, 1.82) is 0 Å². The third kappa shape index (κ3) is 3.12. The van der Waals surface area contributed by atoms with Crippen molar-refractivity contribution in [3.05, 3.63) is 28.8 Å². The maximum atomic E-state index is 6.24. The van der Waals surface area contributed by atoms with Crippen LogP contribution in [0, 0.1) is 0 Å². The second kappa shape index (κ2) is 5.71. The van der Waals surface area contributed by atoms with Gasteiger partial charge in [0, 0.05) is 42.8 Å². The maximum absolute atomic E-state index is 6.24. The Balaban J connectivity index is 2.12. The predicted octanol–water partition coefficient (Wildman–Crippen LogP) is 2.14. The fraction of sp³-hybridized carbons (Fsp3) is 0.538. The second-order valence-corrected chi connectivity index (χ2v) is 4.92. The summed E-state index contributed by atoms with van der Waals surface area (Å²) in [5.74, 6) is 0.878. The summed E-state index contributed by atoms with van der Waals surface area (Å²) in [5, 5.41) is 4.22. The number of hydrogen-bond donors (Lipinski definition) is 1. The first kappa shape index (κ1) is 12.7. The van der Waals surface area contributed by atoms with Gasteiger partial charge in [0.25, 0.3) is 0 Å². The molecule has 1 aromatic carbocycles. The Kier molecular flexibility index (Phi) is 4.26. The molecule has 0 aromatic heterocycles. The summed E-state index contributed by atoms with van der Waals surface area (Å²) in [7, 11) is 1.69. The average Bonchev–Trinajstić information content (AvgIpc) is 2.32. The lowest BCUT2D eigenvalue weighted by Crippen LogP contribution is -2.48. The number of hydrogen-bond acceptors (Lipinski definition) is 3. The van der Waals surface area contributed by atoms with E-state index in [-0.39, 0.29) is 0 Å². The molecular formula is C13H19ClN2O. The molecule has 0 bridgehead atoms. The minimum atomic E-state index is 0.539. The highest BCUT2D eigenvalue weighted by molar-refractivity contribution is 6.31. The van der Waals surface area contributed by atoms with Gasteiger partial charge in [-0.05, 0) is 19.1 Å². The summed E-state index contributed by atoms with van der Waals surface area (Å²) in [4.78, 5) is 2.41. The van der Waals surface area contributed by atoms with Crippen LogP contribution in [-0.4, -0.2) is 37.7 Å². The Hall–Kier alpha value is -0.770. The van der Waals surface area contributed by atoms with E-state index in [1.165, 1.54) is 0 Å². The molecule has 1 N–H and O–H groups in total. The molecule has 1 heterocycles. The Morgan fingerprint density at radius 3 is 3.06 bits per heavy atom. The van der Waals surface area contributed by atoms with Gasteiger partial charge in [0.1, 0.15) is 5.75 Å². The van der Waals surface area contributed by atoms with E-state index in [0.717, 1.165) is 42.5 Å². The summed E-state index contributed by atoms with van der Waals surface area (Å²) < 4.78 is 5.37. The van der Waals surface area contributed by atoms with Crippen LogP contribution in [0.4, 0.5) is 0 Å². The van der Waals surface area contributed by atoms with E-state index in [1.54, 1.807) is 7.11 Å². The number of nitrogens with one attached hydrogen (secondary N) is 1. The van der Waals surface area contributed by atoms with Gasteiger partial charge in [-0.3, -0.25) is 4.90 Å².